The number of pyridine rings is 1. The first-order chi connectivity index (χ1) is 15.9. The van der Waals surface area contributed by atoms with Gasteiger partial charge in [0.05, 0.1) is 12.6 Å². The maximum atomic E-state index is 13.2. The molecule has 2 aromatic rings. The third-order valence-electron chi connectivity index (χ3n) is 5.33. The molecule has 1 aromatic heterocycles. The van der Waals surface area contributed by atoms with E-state index in [-0.39, 0.29) is 35.5 Å². The normalized spacial score (nSPS) is 21.0. The van der Waals surface area contributed by atoms with Gasteiger partial charge in [0.2, 0.25) is 5.91 Å². The lowest BCUT2D eigenvalue weighted by molar-refractivity contribution is -0.116. The second-order valence-electron chi connectivity index (χ2n) is 7.70. The fourth-order valence-electron chi connectivity index (χ4n) is 3.70. The number of carbonyl (C=O) groups excluding carboxylic acids is 3. The molecule has 3 heterocycles. The number of amides is 3. The zero-order valence-electron chi connectivity index (χ0n) is 17.9. The first-order valence-corrected chi connectivity index (χ1v) is 10.8. The summed E-state index contributed by atoms with van der Waals surface area (Å²) in [4.78, 5) is 42.7. The molecule has 0 radical (unpaired) electrons. The standard InChI is InChI=1S/C23H23ClN4O5/c1-14(29)28-7-2-3-8-32-17-6-4-5-15(9-17)10-18(19-13-25-23(31)33-19)26-22(30)16-11-20(24)27-21(28)12-16/h2-6,9,11-12,18-19H,7-8,10,13H2,1H3,(H,25,31)(H,26,30)/t18-,19+/m0/s1. The Bertz CT molecular complexity index is 1110. The van der Waals surface area contributed by atoms with Gasteiger partial charge in [-0.25, -0.2) is 9.78 Å². The summed E-state index contributed by atoms with van der Waals surface area (Å²) < 4.78 is 11.1. The summed E-state index contributed by atoms with van der Waals surface area (Å²) in [5.74, 6) is 0.246. The van der Waals surface area contributed by atoms with E-state index in [0.29, 0.717) is 18.8 Å². The number of fused-ring (bicyclic) bond motifs is 4. The number of benzene rings is 1. The largest absolute Gasteiger partial charge is 0.490 e. The predicted octanol–water partition coefficient (Wildman–Crippen LogP) is 2.49. The van der Waals surface area contributed by atoms with Crippen LogP contribution in [-0.2, 0) is 16.0 Å². The van der Waals surface area contributed by atoms with Gasteiger partial charge < -0.3 is 20.1 Å². The summed E-state index contributed by atoms with van der Waals surface area (Å²) in [5, 5.41) is 5.65. The Morgan fingerprint density at radius 1 is 1.21 bits per heavy atom. The Morgan fingerprint density at radius 3 is 2.82 bits per heavy atom. The molecule has 0 spiro atoms. The molecule has 0 aliphatic carbocycles. The Labute approximate surface area is 195 Å². The summed E-state index contributed by atoms with van der Waals surface area (Å²) in [6.07, 6.45) is 2.91. The Hall–Kier alpha value is -3.59. The van der Waals surface area contributed by atoms with Crippen molar-refractivity contribution >= 4 is 35.3 Å². The van der Waals surface area contributed by atoms with Crippen LogP contribution in [0.25, 0.3) is 0 Å². The van der Waals surface area contributed by atoms with E-state index in [1.807, 2.05) is 24.3 Å². The highest BCUT2D eigenvalue weighted by Crippen LogP contribution is 2.21. The molecule has 1 saturated heterocycles. The van der Waals surface area contributed by atoms with Crippen molar-refractivity contribution in [1.29, 1.82) is 0 Å². The number of ether oxygens (including phenoxy) is 2. The van der Waals surface area contributed by atoms with Crippen molar-refractivity contribution in [2.75, 3.05) is 24.6 Å². The molecule has 1 aromatic carbocycles. The van der Waals surface area contributed by atoms with Gasteiger partial charge in [0.15, 0.2) is 0 Å². The molecule has 1 fully saturated rings. The summed E-state index contributed by atoms with van der Waals surface area (Å²) in [5.41, 5.74) is 1.15. The van der Waals surface area contributed by atoms with Crippen molar-refractivity contribution < 1.29 is 23.9 Å². The number of anilines is 1. The average Bonchev–Trinajstić information content (AvgIpc) is 3.21. The highest BCUT2D eigenvalue weighted by molar-refractivity contribution is 6.30. The van der Waals surface area contributed by atoms with Gasteiger partial charge in [-0.1, -0.05) is 29.8 Å². The molecular formula is C23H23ClN4O5. The summed E-state index contributed by atoms with van der Waals surface area (Å²) in [6, 6.07) is 9.93. The number of hydrogen-bond donors (Lipinski definition) is 2. The minimum atomic E-state index is -0.557. The minimum absolute atomic E-state index is 0.0792. The molecule has 10 heteroatoms. The van der Waals surface area contributed by atoms with E-state index in [1.54, 1.807) is 12.2 Å². The quantitative estimate of drug-likeness (QED) is 0.489. The second-order valence-corrected chi connectivity index (χ2v) is 8.09. The zero-order chi connectivity index (χ0) is 23.4. The van der Waals surface area contributed by atoms with Crippen LogP contribution in [0.3, 0.4) is 0 Å². The van der Waals surface area contributed by atoms with E-state index in [2.05, 4.69) is 15.6 Å². The van der Waals surface area contributed by atoms with Crippen LogP contribution < -0.4 is 20.3 Å². The number of nitrogens with one attached hydrogen (secondary N) is 2. The van der Waals surface area contributed by atoms with Gasteiger partial charge in [0.25, 0.3) is 5.91 Å². The lowest BCUT2D eigenvalue weighted by Crippen LogP contribution is -2.46. The Balaban J connectivity index is 1.72. The molecule has 33 heavy (non-hydrogen) atoms. The fraction of sp³-hybridized carbons (Fsp3) is 0.304. The van der Waals surface area contributed by atoms with Gasteiger partial charge in [0, 0.05) is 19.0 Å². The molecule has 9 nitrogen and oxygen atoms in total. The second kappa shape index (κ2) is 9.91. The number of rotatable bonds is 1. The van der Waals surface area contributed by atoms with E-state index in [4.69, 9.17) is 21.1 Å². The first kappa shape index (κ1) is 22.6. The van der Waals surface area contributed by atoms with Crippen LogP contribution in [0, 0.1) is 0 Å². The number of nitrogens with zero attached hydrogens (tertiary/aromatic N) is 2. The van der Waals surface area contributed by atoms with E-state index < -0.39 is 24.1 Å². The molecule has 0 unspecified atom stereocenters. The van der Waals surface area contributed by atoms with Gasteiger partial charge >= 0.3 is 6.09 Å². The molecule has 0 saturated carbocycles. The first-order valence-electron chi connectivity index (χ1n) is 10.5. The maximum absolute atomic E-state index is 13.2. The average molecular weight is 471 g/mol. The summed E-state index contributed by atoms with van der Waals surface area (Å²) >= 11 is 6.18. The Kier molecular flexibility index (Phi) is 6.79. The summed E-state index contributed by atoms with van der Waals surface area (Å²) in [7, 11) is 0. The van der Waals surface area contributed by atoms with Crippen molar-refractivity contribution in [1.82, 2.24) is 15.6 Å². The third-order valence-corrected chi connectivity index (χ3v) is 5.52. The van der Waals surface area contributed by atoms with E-state index >= 15 is 0 Å². The van der Waals surface area contributed by atoms with Crippen molar-refractivity contribution in [3.05, 3.63) is 64.8 Å². The molecule has 2 aliphatic rings. The number of aromatic nitrogens is 1. The van der Waals surface area contributed by atoms with Crippen molar-refractivity contribution in [2.24, 2.45) is 0 Å². The monoisotopic (exact) mass is 470 g/mol. The Morgan fingerprint density at radius 2 is 2.06 bits per heavy atom. The van der Waals surface area contributed by atoms with Crippen LogP contribution in [-0.4, -0.2) is 54.7 Å². The lowest BCUT2D eigenvalue weighted by atomic mass is 10.0. The van der Waals surface area contributed by atoms with Crippen LogP contribution >= 0.6 is 11.6 Å². The van der Waals surface area contributed by atoms with Crippen molar-refractivity contribution in [3.63, 3.8) is 0 Å². The molecule has 2 atom stereocenters. The van der Waals surface area contributed by atoms with Gasteiger partial charge in [-0.05, 0) is 42.3 Å². The van der Waals surface area contributed by atoms with Crippen LogP contribution in [0.4, 0.5) is 10.6 Å². The van der Waals surface area contributed by atoms with E-state index in [1.165, 1.54) is 24.0 Å². The number of alkyl carbamates (subject to hydrolysis) is 1. The van der Waals surface area contributed by atoms with Gasteiger partial charge in [-0.2, -0.15) is 0 Å². The number of halogens is 1. The van der Waals surface area contributed by atoms with E-state index in [9.17, 15) is 14.4 Å². The smallest absolute Gasteiger partial charge is 0.407 e. The number of hydrogen-bond acceptors (Lipinski definition) is 6. The zero-order valence-corrected chi connectivity index (χ0v) is 18.7. The molecule has 4 bridgehead atoms. The van der Waals surface area contributed by atoms with Gasteiger partial charge in [-0.3, -0.25) is 14.5 Å². The predicted molar refractivity (Wildman–Crippen MR) is 122 cm³/mol. The highest BCUT2D eigenvalue weighted by atomic mass is 35.5. The van der Waals surface area contributed by atoms with Gasteiger partial charge in [0.1, 0.15) is 29.4 Å². The molecule has 4 rings (SSSR count). The van der Waals surface area contributed by atoms with Crippen LogP contribution in [0.15, 0.2) is 48.6 Å². The van der Waals surface area contributed by atoms with Crippen LogP contribution in [0.1, 0.15) is 22.8 Å². The SMILES string of the molecule is CC(=O)N1CC=CCOc2cccc(c2)C[C@@H]([C@H]2CNC(=O)O2)NC(=O)c2cc(Cl)nc1c2. The lowest BCUT2D eigenvalue weighted by Gasteiger charge is -2.24. The summed E-state index contributed by atoms with van der Waals surface area (Å²) in [6.45, 7) is 2.23. The molecule has 3 amide bonds. The molecule has 2 aliphatic heterocycles. The van der Waals surface area contributed by atoms with E-state index in [0.717, 1.165) is 5.56 Å². The maximum Gasteiger partial charge on any atom is 0.407 e. The fourth-order valence-corrected chi connectivity index (χ4v) is 3.90. The number of cyclic esters (lactones) is 1. The van der Waals surface area contributed by atoms with Crippen LogP contribution in [0.2, 0.25) is 5.15 Å². The topological polar surface area (TPSA) is 110 Å². The highest BCUT2D eigenvalue weighted by Gasteiger charge is 2.32. The molecule has 172 valence electrons. The van der Waals surface area contributed by atoms with Crippen molar-refractivity contribution in [2.45, 2.75) is 25.5 Å². The molecular weight excluding hydrogens is 448 g/mol. The van der Waals surface area contributed by atoms with Gasteiger partial charge in [-0.15, -0.1) is 0 Å². The minimum Gasteiger partial charge on any atom is -0.490 e. The van der Waals surface area contributed by atoms with Crippen LogP contribution in [0.5, 0.6) is 5.75 Å². The number of carbonyl (C=O) groups is 3. The third kappa shape index (κ3) is 5.61. The van der Waals surface area contributed by atoms with Crippen molar-refractivity contribution in [3.8, 4) is 5.75 Å². The molecule has 2 N–H and O–H groups in total.